The number of aromatic amines is 1. The van der Waals surface area contributed by atoms with E-state index in [1.165, 1.54) is 0 Å². The third-order valence-electron chi connectivity index (χ3n) is 5.55. The van der Waals surface area contributed by atoms with Gasteiger partial charge in [0.1, 0.15) is 12.1 Å². The van der Waals surface area contributed by atoms with Crippen molar-refractivity contribution < 1.29 is 4.74 Å². The maximum atomic E-state index is 5.40. The van der Waals surface area contributed by atoms with E-state index in [9.17, 15) is 0 Å². The molecular weight excluding hydrogens is 378 g/mol. The third-order valence-corrected chi connectivity index (χ3v) is 5.55. The van der Waals surface area contributed by atoms with Crippen LogP contribution in [0.2, 0.25) is 0 Å². The molecule has 1 saturated heterocycles. The van der Waals surface area contributed by atoms with Gasteiger partial charge in [0.2, 0.25) is 5.88 Å². The zero-order valence-electron chi connectivity index (χ0n) is 16.8. The van der Waals surface area contributed by atoms with Crippen LogP contribution in [0.1, 0.15) is 5.56 Å². The van der Waals surface area contributed by atoms with Crippen molar-refractivity contribution in [2.45, 2.75) is 6.54 Å². The quantitative estimate of drug-likeness (QED) is 0.550. The Balaban J connectivity index is 1.35. The molecule has 0 amide bonds. The summed E-state index contributed by atoms with van der Waals surface area (Å²) in [4.78, 5) is 18.2. The first kappa shape index (κ1) is 18.5. The van der Waals surface area contributed by atoms with E-state index in [1.807, 2.05) is 24.5 Å². The minimum Gasteiger partial charge on any atom is -0.481 e. The number of fused-ring (bicyclic) bond motifs is 1. The first-order chi connectivity index (χ1) is 14.8. The lowest BCUT2D eigenvalue weighted by molar-refractivity contribution is 0.244. The Kier molecular flexibility index (Phi) is 4.98. The zero-order chi connectivity index (χ0) is 20.3. The summed E-state index contributed by atoms with van der Waals surface area (Å²) in [5.41, 5.74) is 4.23. The lowest BCUT2D eigenvalue weighted by Crippen LogP contribution is -2.46. The summed E-state index contributed by atoms with van der Waals surface area (Å²) in [6.45, 7) is 4.55. The summed E-state index contributed by atoms with van der Waals surface area (Å²) in [6.07, 6.45) is 7.15. The number of H-pyrrole nitrogens is 1. The molecule has 0 atom stereocenters. The molecule has 0 bridgehead atoms. The van der Waals surface area contributed by atoms with Gasteiger partial charge in [0.25, 0.3) is 0 Å². The molecule has 0 unspecified atom stereocenters. The summed E-state index contributed by atoms with van der Waals surface area (Å²) in [5.74, 6) is 1.69. The molecule has 4 heterocycles. The number of nitrogens with one attached hydrogen (secondary N) is 1. The summed E-state index contributed by atoms with van der Waals surface area (Å²) >= 11 is 0. The highest BCUT2D eigenvalue weighted by Crippen LogP contribution is 2.29. The molecule has 3 aromatic heterocycles. The van der Waals surface area contributed by atoms with Gasteiger partial charge in [-0.2, -0.15) is 5.10 Å². The fourth-order valence-corrected chi connectivity index (χ4v) is 3.97. The van der Waals surface area contributed by atoms with Gasteiger partial charge in [-0.3, -0.25) is 10.00 Å². The van der Waals surface area contributed by atoms with E-state index >= 15 is 0 Å². The summed E-state index contributed by atoms with van der Waals surface area (Å²) < 4.78 is 5.40. The van der Waals surface area contributed by atoms with Crippen LogP contribution in [0, 0.1) is 0 Å². The topological polar surface area (TPSA) is 83.1 Å². The van der Waals surface area contributed by atoms with Crippen LogP contribution in [0.25, 0.3) is 22.0 Å². The van der Waals surface area contributed by atoms with Crippen LogP contribution in [-0.4, -0.2) is 63.3 Å². The minimum atomic E-state index is 0.702. The first-order valence-electron chi connectivity index (χ1n) is 10.0. The zero-order valence-corrected chi connectivity index (χ0v) is 16.8. The Hall–Kier alpha value is -3.52. The molecule has 0 aliphatic carbocycles. The Bertz CT molecular complexity index is 1140. The van der Waals surface area contributed by atoms with Crippen LogP contribution in [-0.2, 0) is 6.54 Å². The molecule has 0 radical (unpaired) electrons. The van der Waals surface area contributed by atoms with Gasteiger partial charge in [-0.1, -0.05) is 12.1 Å². The van der Waals surface area contributed by atoms with Gasteiger partial charge >= 0.3 is 0 Å². The van der Waals surface area contributed by atoms with Gasteiger partial charge in [0, 0.05) is 61.6 Å². The summed E-state index contributed by atoms with van der Waals surface area (Å²) in [7, 11) is 1.67. The molecule has 152 valence electrons. The monoisotopic (exact) mass is 401 g/mol. The number of hydrogen-bond acceptors (Lipinski definition) is 7. The fraction of sp³-hybridized carbons (Fsp3) is 0.273. The molecule has 8 nitrogen and oxygen atoms in total. The number of nitrogens with zero attached hydrogens (tertiary/aromatic N) is 6. The number of piperazine rings is 1. The number of methoxy groups -OCH3 is 1. The molecule has 8 heteroatoms. The minimum absolute atomic E-state index is 0.702. The van der Waals surface area contributed by atoms with Crippen molar-refractivity contribution in [3.63, 3.8) is 0 Å². The van der Waals surface area contributed by atoms with E-state index in [-0.39, 0.29) is 0 Å². The van der Waals surface area contributed by atoms with Crippen LogP contribution < -0.4 is 9.64 Å². The van der Waals surface area contributed by atoms with Crippen molar-refractivity contribution >= 4 is 16.7 Å². The second-order valence-electron chi connectivity index (χ2n) is 7.35. The van der Waals surface area contributed by atoms with Crippen LogP contribution >= 0.6 is 0 Å². The largest absolute Gasteiger partial charge is 0.481 e. The Labute approximate surface area is 174 Å². The lowest BCUT2D eigenvalue weighted by atomic mass is 10.1. The number of ether oxygens (including phenoxy) is 1. The number of pyridine rings is 1. The van der Waals surface area contributed by atoms with Crippen molar-refractivity contribution in [3.05, 3.63) is 60.8 Å². The predicted octanol–water partition coefficient (Wildman–Crippen LogP) is 2.75. The molecule has 1 aliphatic rings. The molecular formula is C22H23N7O. The Morgan fingerprint density at radius 3 is 2.73 bits per heavy atom. The van der Waals surface area contributed by atoms with Gasteiger partial charge in [-0.25, -0.2) is 15.0 Å². The van der Waals surface area contributed by atoms with Crippen LogP contribution in [0.15, 0.2) is 55.2 Å². The highest BCUT2D eigenvalue weighted by atomic mass is 16.5. The van der Waals surface area contributed by atoms with E-state index in [2.05, 4.69) is 53.1 Å². The Morgan fingerprint density at radius 2 is 1.93 bits per heavy atom. The molecule has 30 heavy (non-hydrogen) atoms. The number of aromatic nitrogens is 5. The molecule has 4 aromatic rings. The molecule has 1 aliphatic heterocycles. The van der Waals surface area contributed by atoms with Crippen LogP contribution in [0.4, 0.5) is 5.82 Å². The molecule has 1 N–H and O–H groups in total. The summed E-state index contributed by atoms with van der Waals surface area (Å²) in [5, 5.41) is 8.01. The third kappa shape index (κ3) is 3.57. The number of rotatable bonds is 5. The van der Waals surface area contributed by atoms with Crippen molar-refractivity contribution in [2.75, 3.05) is 38.2 Å². The van der Waals surface area contributed by atoms with Gasteiger partial charge in [0.15, 0.2) is 0 Å². The highest BCUT2D eigenvalue weighted by molar-refractivity contribution is 5.92. The van der Waals surface area contributed by atoms with Crippen LogP contribution in [0.5, 0.6) is 5.88 Å². The Morgan fingerprint density at radius 1 is 1.03 bits per heavy atom. The van der Waals surface area contributed by atoms with Gasteiger partial charge in [-0.05, 0) is 23.8 Å². The average molecular weight is 401 g/mol. The second kappa shape index (κ2) is 8.08. The highest BCUT2D eigenvalue weighted by Gasteiger charge is 2.21. The fourth-order valence-electron chi connectivity index (χ4n) is 3.97. The van der Waals surface area contributed by atoms with E-state index in [1.54, 1.807) is 19.6 Å². The van der Waals surface area contributed by atoms with Crippen LogP contribution in [0.3, 0.4) is 0 Å². The normalized spacial score (nSPS) is 14.9. The molecule has 1 aromatic carbocycles. The molecule has 0 spiro atoms. The smallest absolute Gasteiger partial charge is 0.217 e. The van der Waals surface area contributed by atoms with Gasteiger partial charge in [-0.15, -0.1) is 0 Å². The summed E-state index contributed by atoms with van der Waals surface area (Å²) in [6, 6.07) is 10.3. The maximum absolute atomic E-state index is 5.40. The number of anilines is 1. The van der Waals surface area contributed by atoms with Crippen molar-refractivity contribution in [2.24, 2.45) is 0 Å². The van der Waals surface area contributed by atoms with Crippen molar-refractivity contribution in [1.29, 1.82) is 0 Å². The van der Waals surface area contributed by atoms with E-state index < -0.39 is 0 Å². The number of hydrogen-bond donors (Lipinski definition) is 1. The molecule has 1 fully saturated rings. The average Bonchev–Trinajstić information content (AvgIpc) is 3.34. The van der Waals surface area contributed by atoms with Gasteiger partial charge < -0.3 is 9.64 Å². The van der Waals surface area contributed by atoms with E-state index in [0.29, 0.717) is 5.88 Å². The van der Waals surface area contributed by atoms with Gasteiger partial charge in [0.05, 0.1) is 18.8 Å². The van der Waals surface area contributed by atoms with Crippen molar-refractivity contribution in [1.82, 2.24) is 30.0 Å². The maximum Gasteiger partial charge on any atom is 0.217 e. The molecule has 5 rings (SSSR count). The first-order valence-corrected chi connectivity index (χ1v) is 10.0. The number of benzene rings is 1. The van der Waals surface area contributed by atoms with E-state index in [0.717, 1.165) is 66.1 Å². The standard InChI is InChI=1S/C22H23N7O/c1-30-22-17(3-2-6-23-22)14-28-7-9-29(10-8-28)21-19-11-16(18-12-26-27-13-18)4-5-20(19)24-15-25-21/h2-6,11-13,15H,7-10,14H2,1H3,(H,26,27). The second-order valence-corrected chi connectivity index (χ2v) is 7.35. The molecule has 0 saturated carbocycles. The van der Waals surface area contributed by atoms with E-state index in [4.69, 9.17) is 4.74 Å². The lowest BCUT2D eigenvalue weighted by Gasteiger charge is -2.35. The predicted molar refractivity (Wildman–Crippen MR) is 115 cm³/mol. The van der Waals surface area contributed by atoms with Crippen molar-refractivity contribution in [3.8, 4) is 17.0 Å². The SMILES string of the molecule is COc1ncccc1CN1CCN(c2ncnc3ccc(-c4cn[nH]c4)cc23)CC1.